The number of urea groups is 1. The van der Waals surface area contributed by atoms with Crippen molar-refractivity contribution in [1.82, 2.24) is 24.6 Å². The molecule has 1 aliphatic heterocycles. The number of carbonyl (C=O) groups excluding carboxylic acids is 1. The third-order valence-electron chi connectivity index (χ3n) is 3.65. The summed E-state index contributed by atoms with van der Waals surface area (Å²) in [5, 5.41) is 12.0. The van der Waals surface area contributed by atoms with Crippen LogP contribution in [0.15, 0.2) is 12.4 Å². The first-order chi connectivity index (χ1) is 10.1. The quantitative estimate of drug-likeness (QED) is 0.937. The van der Waals surface area contributed by atoms with Gasteiger partial charge in [0.2, 0.25) is 5.13 Å². The Hall–Kier alpha value is -1.96. The molecule has 0 aromatic carbocycles. The summed E-state index contributed by atoms with van der Waals surface area (Å²) in [6, 6.07) is -0.137. The number of hydrogen-bond acceptors (Lipinski definition) is 5. The molecular weight excluding hydrogens is 288 g/mol. The van der Waals surface area contributed by atoms with Crippen LogP contribution in [0.3, 0.4) is 0 Å². The fourth-order valence-corrected chi connectivity index (χ4v) is 3.17. The summed E-state index contributed by atoms with van der Waals surface area (Å²) in [6.45, 7) is 3.51. The molecule has 3 rings (SSSR count). The second kappa shape index (κ2) is 5.80. The molecule has 2 amide bonds. The van der Waals surface area contributed by atoms with Gasteiger partial charge in [0.25, 0.3) is 0 Å². The Kier molecular flexibility index (Phi) is 3.87. The molecule has 0 spiro atoms. The molecule has 0 aliphatic carbocycles. The van der Waals surface area contributed by atoms with Crippen LogP contribution in [-0.2, 0) is 13.0 Å². The van der Waals surface area contributed by atoms with Crippen LogP contribution in [0.4, 0.5) is 9.93 Å². The summed E-state index contributed by atoms with van der Waals surface area (Å²) < 4.78 is 2.17. The summed E-state index contributed by atoms with van der Waals surface area (Å²) in [5.41, 5.74) is 0. The molecule has 112 valence electrons. The van der Waals surface area contributed by atoms with Gasteiger partial charge < -0.3 is 9.47 Å². The average Bonchev–Trinajstić information content (AvgIpc) is 3.07. The van der Waals surface area contributed by atoms with Gasteiger partial charge in [-0.3, -0.25) is 5.32 Å². The lowest BCUT2D eigenvalue weighted by Gasteiger charge is -2.28. The number of nitrogens with one attached hydrogen (secondary N) is 1. The van der Waals surface area contributed by atoms with Crippen molar-refractivity contribution in [2.45, 2.75) is 26.3 Å². The van der Waals surface area contributed by atoms with Gasteiger partial charge in [-0.15, -0.1) is 10.2 Å². The van der Waals surface area contributed by atoms with E-state index in [0.29, 0.717) is 11.0 Å². The van der Waals surface area contributed by atoms with Crippen molar-refractivity contribution in [2.75, 3.05) is 18.9 Å². The molecule has 1 atom stereocenters. The van der Waals surface area contributed by atoms with Gasteiger partial charge in [-0.1, -0.05) is 11.3 Å². The SMILES string of the molecule is Cc1nnc(NC(=O)N(C)CC2CCc3nccn3C2)s1. The lowest BCUT2D eigenvalue weighted by Crippen LogP contribution is -2.37. The standard InChI is InChI=1S/C13H18N6OS/c1-9-16-17-12(21-9)15-13(20)18(2)7-10-3-4-11-14-5-6-19(11)8-10/h5-6,10H,3-4,7-8H2,1-2H3,(H,15,17,20). The molecule has 21 heavy (non-hydrogen) atoms. The minimum atomic E-state index is -0.137. The van der Waals surface area contributed by atoms with Crippen LogP contribution < -0.4 is 5.32 Å². The van der Waals surface area contributed by atoms with E-state index in [0.717, 1.165) is 36.8 Å². The highest BCUT2D eigenvalue weighted by Crippen LogP contribution is 2.20. The van der Waals surface area contributed by atoms with Crippen LogP contribution in [0.2, 0.25) is 0 Å². The Bertz CT molecular complexity index is 636. The number of fused-ring (bicyclic) bond motifs is 1. The zero-order valence-corrected chi connectivity index (χ0v) is 12.9. The van der Waals surface area contributed by atoms with E-state index in [-0.39, 0.29) is 6.03 Å². The first-order valence-electron chi connectivity index (χ1n) is 6.94. The van der Waals surface area contributed by atoms with Crippen LogP contribution in [0.5, 0.6) is 0 Å². The van der Waals surface area contributed by atoms with Gasteiger partial charge >= 0.3 is 6.03 Å². The van der Waals surface area contributed by atoms with Crippen LogP contribution >= 0.6 is 11.3 Å². The lowest BCUT2D eigenvalue weighted by molar-refractivity contribution is 0.205. The highest BCUT2D eigenvalue weighted by molar-refractivity contribution is 7.15. The van der Waals surface area contributed by atoms with Crippen LogP contribution in [0.1, 0.15) is 17.3 Å². The van der Waals surface area contributed by atoms with E-state index in [1.54, 1.807) is 4.90 Å². The number of anilines is 1. The monoisotopic (exact) mass is 306 g/mol. The summed E-state index contributed by atoms with van der Waals surface area (Å²) in [6.07, 6.45) is 5.88. The van der Waals surface area contributed by atoms with Crippen LogP contribution in [0, 0.1) is 12.8 Å². The van der Waals surface area contributed by atoms with Crippen LogP contribution in [0.25, 0.3) is 0 Å². The molecule has 7 nitrogen and oxygen atoms in total. The number of aromatic nitrogens is 4. The van der Waals surface area contributed by atoms with Crippen molar-refractivity contribution < 1.29 is 4.79 Å². The maximum atomic E-state index is 12.1. The van der Waals surface area contributed by atoms with Gasteiger partial charge in [0.05, 0.1) is 0 Å². The molecule has 0 radical (unpaired) electrons. The third kappa shape index (κ3) is 3.21. The summed E-state index contributed by atoms with van der Waals surface area (Å²) in [5.74, 6) is 1.60. The van der Waals surface area contributed by atoms with Gasteiger partial charge in [0.15, 0.2) is 0 Å². The molecule has 2 aromatic rings. The van der Waals surface area contributed by atoms with Crippen molar-refractivity contribution in [3.05, 3.63) is 23.2 Å². The number of hydrogen-bond donors (Lipinski definition) is 1. The molecule has 1 unspecified atom stereocenters. The summed E-state index contributed by atoms with van der Waals surface area (Å²) >= 11 is 1.38. The lowest BCUT2D eigenvalue weighted by atomic mass is 9.99. The van der Waals surface area contributed by atoms with Gasteiger partial charge in [0, 0.05) is 39.0 Å². The average molecular weight is 306 g/mol. The topological polar surface area (TPSA) is 75.9 Å². The van der Waals surface area contributed by atoms with E-state index >= 15 is 0 Å². The molecule has 2 aromatic heterocycles. The second-order valence-corrected chi connectivity index (χ2v) is 6.52. The van der Waals surface area contributed by atoms with E-state index in [4.69, 9.17) is 0 Å². The molecule has 1 N–H and O–H groups in total. The van der Waals surface area contributed by atoms with Gasteiger partial charge in [-0.25, -0.2) is 9.78 Å². The smallest absolute Gasteiger partial charge is 0.323 e. The van der Waals surface area contributed by atoms with E-state index in [1.165, 1.54) is 11.3 Å². The molecule has 0 saturated carbocycles. The minimum absolute atomic E-state index is 0.137. The number of carbonyl (C=O) groups is 1. The minimum Gasteiger partial charge on any atom is -0.335 e. The summed E-state index contributed by atoms with van der Waals surface area (Å²) in [4.78, 5) is 18.2. The molecule has 1 aliphatic rings. The van der Waals surface area contributed by atoms with Gasteiger partial charge in [-0.2, -0.15) is 0 Å². The number of amides is 2. The highest BCUT2D eigenvalue weighted by atomic mass is 32.1. The third-order valence-corrected chi connectivity index (χ3v) is 4.41. The van der Waals surface area contributed by atoms with Crippen LogP contribution in [-0.4, -0.2) is 44.3 Å². The van der Waals surface area contributed by atoms with E-state index in [1.807, 2.05) is 26.4 Å². The Morgan fingerprint density at radius 1 is 1.57 bits per heavy atom. The van der Waals surface area contributed by atoms with Crippen molar-refractivity contribution in [2.24, 2.45) is 5.92 Å². The Labute approximate surface area is 127 Å². The molecule has 0 saturated heterocycles. The van der Waals surface area contributed by atoms with Crippen molar-refractivity contribution in [3.8, 4) is 0 Å². The van der Waals surface area contributed by atoms with Crippen molar-refractivity contribution in [1.29, 1.82) is 0 Å². The van der Waals surface area contributed by atoms with E-state index in [9.17, 15) is 4.79 Å². The molecule has 0 bridgehead atoms. The predicted octanol–water partition coefficient (Wildman–Crippen LogP) is 1.77. The molecule has 3 heterocycles. The fourth-order valence-electron chi connectivity index (χ4n) is 2.59. The Balaban J connectivity index is 1.54. The highest BCUT2D eigenvalue weighted by Gasteiger charge is 2.22. The number of nitrogens with zero attached hydrogens (tertiary/aromatic N) is 5. The largest absolute Gasteiger partial charge is 0.335 e. The molecule has 0 fully saturated rings. The van der Waals surface area contributed by atoms with E-state index in [2.05, 4.69) is 25.1 Å². The fraction of sp³-hybridized carbons (Fsp3) is 0.538. The normalized spacial score (nSPS) is 17.3. The second-order valence-electron chi connectivity index (χ2n) is 5.34. The number of rotatable bonds is 3. The summed E-state index contributed by atoms with van der Waals surface area (Å²) in [7, 11) is 1.81. The number of aryl methyl sites for hydroxylation is 2. The molecule has 8 heteroatoms. The first kappa shape index (κ1) is 14.0. The zero-order valence-electron chi connectivity index (χ0n) is 12.1. The van der Waals surface area contributed by atoms with Crippen molar-refractivity contribution in [3.63, 3.8) is 0 Å². The first-order valence-corrected chi connectivity index (χ1v) is 7.75. The van der Waals surface area contributed by atoms with Crippen molar-refractivity contribution >= 4 is 22.5 Å². The maximum absolute atomic E-state index is 12.1. The zero-order chi connectivity index (χ0) is 14.8. The Morgan fingerprint density at radius 2 is 2.43 bits per heavy atom. The van der Waals surface area contributed by atoms with E-state index < -0.39 is 0 Å². The van der Waals surface area contributed by atoms with Gasteiger partial charge in [0.1, 0.15) is 10.8 Å². The Morgan fingerprint density at radius 3 is 3.19 bits per heavy atom. The maximum Gasteiger partial charge on any atom is 0.323 e. The van der Waals surface area contributed by atoms with Gasteiger partial charge in [-0.05, 0) is 19.3 Å². The molecular formula is C13H18N6OS. The predicted molar refractivity (Wildman–Crippen MR) is 80.3 cm³/mol. The number of imidazole rings is 1.